The second-order valence-electron chi connectivity index (χ2n) is 4.51. The van der Waals surface area contributed by atoms with Crippen LogP contribution in [0, 0.1) is 6.92 Å². The molecule has 1 aromatic rings. The lowest BCUT2D eigenvalue weighted by Crippen LogP contribution is -2.35. The van der Waals surface area contributed by atoms with Gasteiger partial charge in [0.1, 0.15) is 0 Å². The van der Waals surface area contributed by atoms with Crippen molar-refractivity contribution in [3.05, 3.63) is 33.7 Å². The van der Waals surface area contributed by atoms with Gasteiger partial charge in [0.25, 0.3) is 5.91 Å². The first-order chi connectivity index (χ1) is 8.63. The zero-order chi connectivity index (χ0) is 13.1. The number of rotatable bonds is 3. The zero-order valence-corrected chi connectivity index (χ0v) is 11.5. The molecule has 0 aromatic carbocycles. The van der Waals surface area contributed by atoms with Crippen molar-refractivity contribution in [3.63, 3.8) is 0 Å². The molecule has 0 spiro atoms. The number of hydrogen-bond acceptors (Lipinski definition) is 3. The van der Waals surface area contributed by atoms with E-state index in [-0.39, 0.29) is 16.8 Å². The fourth-order valence-electron chi connectivity index (χ4n) is 2.20. The van der Waals surface area contributed by atoms with E-state index in [1.54, 1.807) is 6.92 Å². The van der Waals surface area contributed by atoms with E-state index in [1.807, 2.05) is 16.7 Å². The van der Waals surface area contributed by atoms with E-state index in [0.29, 0.717) is 5.56 Å². The van der Waals surface area contributed by atoms with E-state index in [4.69, 9.17) is 0 Å². The van der Waals surface area contributed by atoms with E-state index in [1.165, 1.54) is 12.3 Å². The average Bonchev–Trinajstić information content (AvgIpc) is 2.77. The van der Waals surface area contributed by atoms with Gasteiger partial charge in [0.2, 0.25) is 5.56 Å². The second-order valence-corrected chi connectivity index (χ2v) is 5.79. The third-order valence-corrected chi connectivity index (χ3v) is 4.44. The third-order valence-electron chi connectivity index (χ3n) is 3.15. The highest BCUT2D eigenvalue weighted by Gasteiger charge is 2.29. The first-order valence-corrected chi connectivity index (χ1v) is 7.30. The van der Waals surface area contributed by atoms with Crippen LogP contribution in [0.15, 0.2) is 17.1 Å². The Kier molecular flexibility index (Phi) is 4.11. The standard InChI is InChI=1S/C13H18N2O2S/c1-3-4-12-15(5-6-18-12)13(17)10-8-14-11(16)7-9(10)2/h7-8,12H,3-6H2,1-2H3,(H,14,16). The lowest BCUT2D eigenvalue weighted by Gasteiger charge is -2.24. The highest BCUT2D eigenvalue weighted by atomic mass is 32.2. The molecule has 1 fully saturated rings. The monoisotopic (exact) mass is 266 g/mol. The van der Waals surface area contributed by atoms with Gasteiger partial charge in [-0.1, -0.05) is 13.3 Å². The van der Waals surface area contributed by atoms with Crippen molar-refractivity contribution in [2.45, 2.75) is 32.1 Å². The van der Waals surface area contributed by atoms with Gasteiger partial charge >= 0.3 is 0 Å². The van der Waals surface area contributed by atoms with Gasteiger partial charge in [-0.3, -0.25) is 9.59 Å². The molecule has 0 saturated carbocycles. The molecule has 2 heterocycles. The minimum Gasteiger partial charge on any atom is -0.328 e. The molecule has 0 aliphatic carbocycles. The normalized spacial score (nSPS) is 19.2. The molecule has 1 N–H and O–H groups in total. The van der Waals surface area contributed by atoms with E-state index in [2.05, 4.69) is 11.9 Å². The van der Waals surface area contributed by atoms with Gasteiger partial charge in [0, 0.05) is 24.6 Å². The van der Waals surface area contributed by atoms with Gasteiger partial charge in [0.15, 0.2) is 0 Å². The van der Waals surface area contributed by atoms with Gasteiger partial charge in [-0.25, -0.2) is 0 Å². The summed E-state index contributed by atoms with van der Waals surface area (Å²) in [5.41, 5.74) is 1.19. The Labute approximate surface area is 111 Å². The van der Waals surface area contributed by atoms with Crippen molar-refractivity contribution in [2.24, 2.45) is 0 Å². The summed E-state index contributed by atoms with van der Waals surface area (Å²) in [5, 5.41) is 0.286. The Morgan fingerprint density at radius 1 is 1.61 bits per heavy atom. The van der Waals surface area contributed by atoms with E-state index in [9.17, 15) is 9.59 Å². The number of hydrogen-bond donors (Lipinski definition) is 1. The fraction of sp³-hybridized carbons (Fsp3) is 0.538. The van der Waals surface area contributed by atoms with Crippen LogP contribution in [0.4, 0.5) is 0 Å². The molecule has 18 heavy (non-hydrogen) atoms. The van der Waals surface area contributed by atoms with Gasteiger partial charge in [-0.05, 0) is 18.9 Å². The summed E-state index contributed by atoms with van der Waals surface area (Å²) in [5.74, 6) is 1.03. The molecule has 98 valence electrons. The molecule has 1 amide bonds. The molecule has 1 aliphatic rings. The Hall–Kier alpha value is -1.23. The minimum absolute atomic E-state index is 0.0344. The summed E-state index contributed by atoms with van der Waals surface area (Å²) in [6.45, 7) is 4.74. The van der Waals surface area contributed by atoms with Gasteiger partial charge in [-0.2, -0.15) is 0 Å². The fourth-order valence-corrected chi connectivity index (χ4v) is 3.56. The quantitative estimate of drug-likeness (QED) is 0.910. The molecular weight excluding hydrogens is 248 g/mol. The summed E-state index contributed by atoms with van der Waals surface area (Å²) in [4.78, 5) is 28.1. The molecule has 2 rings (SSSR count). The van der Waals surface area contributed by atoms with Crippen molar-refractivity contribution in [3.8, 4) is 0 Å². The highest BCUT2D eigenvalue weighted by Crippen LogP contribution is 2.29. The van der Waals surface area contributed by atoms with Crippen LogP contribution in [0.3, 0.4) is 0 Å². The summed E-state index contributed by atoms with van der Waals surface area (Å²) in [6, 6.07) is 1.48. The average molecular weight is 266 g/mol. The van der Waals surface area contributed by atoms with Gasteiger partial charge < -0.3 is 9.88 Å². The summed E-state index contributed by atoms with van der Waals surface area (Å²) in [7, 11) is 0. The predicted molar refractivity (Wildman–Crippen MR) is 74.0 cm³/mol. The molecule has 1 unspecified atom stereocenters. The molecule has 1 aromatic heterocycles. The van der Waals surface area contributed by atoms with Crippen LogP contribution in [0.1, 0.15) is 35.7 Å². The number of carbonyl (C=O) groups is 1. The zero-order valence-electron chi connectivity index (χ0n) is 10.7. The minimum atomic E-state index is -0.162. The van der Waals surface area contributed by atoms with E-state index in [0.717, 1.165) is 30.7 Å². The van der Waals surface area contributed by atoms with Crippen LogP contribution in [0.2, 0.25) is 0 Å². The predicted octanol–water partition coefficient (Wildman–Crippen LogP) is 2.00. The third kappa shape index (κ3) is 2.61. The van der Waals surface area contributed by atoms with Crippen LogP contribution < -0.4 is 5.56 Å². The maximum absolute atomic E-state index is 12.5. The highest BCUT2D eigenvalue weighted by molar-refractivity contribution is 8.00. The lowest BCUT2D eigenvalue weighted by molar-refractivity contribution is 0.0755. The number of aromatic nitrogens is 1. The second kappa shape index (κ2) is 5.61. The van der Waals surface area contributed by atoms with E-state index < -0.39 is 0 Å². The van der Waals surface area contributed by atoms with Gasteiger partial charge in [-0.15, -0.1) is 11.8 Å². The van der Waals surface area contributed by atoms with E-state index >= 15 is 0 Å². The maximum atomic E-state index is 12.5. The van der Waals surface area contributed by atoms with Crippen LogP contribution in [0.25, 0.3) is 0 Å². The van der Waals surface area contributed by atoms with Crippen molar-refractivity contribution >= 4 is 17.7 Å². The topological polar surface area (TPSA) is 53.2 Å². The van der Waals surface area contributed by atoms with Crippen LogP contribution in [-0.4, -0.2) is 33.5 Å². The first-order valence-electron chi connectivity index (χ1n) is 6.25. The Balaban J connectivity index is 2.22. The first kappa shape index (κ1) is 13.2. The number of thioether (sulfide) groups is 1. The van der Waals surface area contributed by atoms with Crippen LogP contribution in [-0.2, 0) is 0 Å². The SMILES string of the molecule is CCCC1SCCN1C(=O)c1c[nH]c(=O)cc1C. The summed E-state index contributed by atoms with van der Waals surface area (Å²) >= 11 is 1.84. The Bertz CT molecular complexity index is 498. The molecule has 4 nitrogen and oxygen atoms in total. The molecule has 0 radical (unpaired) electrons. The van der Waals surface area contributed by atoms with Crippen molar-refractivity contribution in [1.29, 1.82) is 0 Å². The van der Waals surface area contributed by atoms with Crippen molar-refractivity contribution in [2.75, 3.05) is 12.3 Å². The van der Waals surface area contributed by atoms with Crippen molar-refractivity contribution < 1.29 is 4.79 Å². The molecule has 1 saturated heterocycles. The molecule has 1 aliphatic heterocycles. The number of nitrogens with zero attached hydrogens (tertiary/aromatic N) is 1. The number of aryl methyl sites for hydroxylation is 1. The Morgan fingerprint density at radius 3 is 3.06 bits per heavy atom. The summed E-state index contributed by atoms with van der Waals surface area (Å²) in [6.07, 6.45) is 3.64. The van der Waals surface area contributed by atoms with Crippen molar-refractivity contribution in [1.82, 2.24) is 9.88 Å². The number of H-pyrrole nitrogens is 1. The smallest absolute Gasteiger partial charge is 0.256 e. The van der Waals surface area contributed by atoms with Crippen LogP contribution >= 0.6 is 11.8 Å². The molecule has 1 atom stereocenters. The number of aromatic amines is 1. The number of carbonyl (C=O) groups excluding carboxylic acids is 1. The molecule has 5 heteroatoms. The molecular formula is C13H18N2O2S. The molecule has 0 bridgehead atoms. The Morgan fingerprint density at radius 2 is 2.39 bits per heavy atom. The maximum Gasteiger partial charge on any atom is 0.256 e. The van der Waals surface area contributed by atoms with Crippen LogP contribution in [0.5, 0.6) is 0 Å². The number of amides is 1. The lowest BCUT2D eigenvalue weighted by atomic mass is 10.1. The summed E-state index contributed by atoms with van der Waals surface area (Å²) < 4.78 is 0. The number of pyridine rings is 1. The number of nitrogens with one attached hydrogen (secondary N) is 1. The largest absolute Gasteiger partial charge is 0.328 e. The van der Waals surface area contributed by atoms with Gasteiger partial charge in [0.05, 0.1) is 10.9 Å².